The molecule has 1 rings (SSSR count). The molecule has 0 aromatic rings. The quantitative estimate of drug-likeness (QED) is 0.723. The second kappa shape index (κ2) is 6.24. The van der Waals surface area contributed by atoms with Crippen LogP contribution in [0, 0.1) is 5.92 Å². The van der Waals surface area contributed by atoms with Crippen LogP contribution in [0.3, 0.4) is 0 Å². The van der Waals surface area contributed by atoms with Crippen molar-refractivity contribution in [2.45, 2.75) is 65.0 Å². The van der Waals surface area contributed by atoms with E-state index in [0.29, 0.717) is 0 Å². The molecule has 0 spiro atoms. The van der Waals surface area contributed by atoms with Crippen LogP contribution in [0.15, 0.2) is 0 Å². The lowest BCUT2D eigenvalue weighted by Crippen LogP contribution is -2.47. The Morgan fingerprint density at radius 3 is 2.50 bits per heavy atom. The largest absolute Gasteiger partial charge is 0.339 e. The molecule has 1 aliphatic rings. The lowest BCUT2D eigenvalue weighted by atomic mass is 10.1. The fraction of sp³-hybridized carbons (Fsp3) is 0.923. The van der Waals surface area contributed by atoms with Gasteiger partial charge in [0.2, 0.25) is 5.91 Å². The van der Waals surface area contributed by atoms with Crippen molar-refractivity contribution >= 4 is 5.91 Å². The third kappa shape index (κ3) is 4.12. The van der Waals surface area contributed by atoms with Crippen LogP contribution in [-0.2, 0) is 4.79 Å². The van der Waals surface area contributed by atoms with E-state index in [1.54, 1.807) is 0 Å². The van der Waals surface area contributed by atoms with E-state index in [1.807, 2.05) is 4.90 Å². The van der Waals surface area contributed by atoms with Gasteiger partial charge in [-0.05, 0) is 39.0 Å². The van der Waals surface area contributed by atoms with Crippen LogP contribution < -0.4 is 5.73 Å². The summed E-state index contributed by atoms with van der Waals surface area (Å²) in [6.45, 7) is 7.19. The highest BCUT2D eigenvalue weighted by Crippen LogP contribution is 2.30. The summed E-state index contributed by atoms with van der Waals surface area (Å²) < 4.78 is 0. The van der Waals surface area contributed by atoms with Gasteiger partial charge in [0.05, 0.1) is 6.04 Å². The SMILES string of the molecule is CCCCC(N)C(=O)N(CC1CC1)C(C)C. The minimum atomic E-state index is -0.291. The maximum atomic E-state index is 12.2. The summed E-state index contributed by atoms with van der Waals surface area (Å²) in [5.41, 5.74) is 5.95. The first-order chi connectivity index (χ1) is 7.56. The number of carbonyl (C=O) groups excluding carboxylic acids is 1. The second-order valence-electron chi connectivity index (χ2n) is 5.28. The molecule has 0 aromatic carbocycles. The highest BCUT2D eigenvalue weighted by atomic mass is 16.2. The first kappa shape index (κ1) is 13.5. The smallest absolute Gasteiger partial charge is 0.239 e. The molecule has 0 aromatic heterocycles. The summed E-state index contributed by atoms with van der Waals surface area (Å²) in [5.74, 6) is 0.889. The van der Waals surface area contributed by atoms with Crippen molar-refractivity contribution in [2.75, 3.05) is 6.54 Å². The van der Waals surface area contributed by atoms with Gasteiger partial charge in [0, 0.05) is 12.6 Å². The zero-order valence-electron chi connectivity index (χ0n) is 10.9. The van der Waals surface area contributed by atoms with Crippen molar-refractivity contribution in [3.63, 3.8) is 0 Å². The van der Waals surface area contributed by atoms with Crippen molar-refractivity contribution in [3.8, 4) is 0 Å². The number of amides is 1. The number of hydrogen-bond donors (Lipinski definition) is 1. The van der Waals surface area contributed by atoms with Crippen LogP contribution in [-0.4, -0.2) is 29.4 Å². The second-order valence-corrected chi connectivity index (χ2v) is 5.28. The summed E-state index contributed by atoms with van der Waals surface area (Å²) in [6.07, 6.45) is 5.53. The minimum Gasteiger partial charge on any atom is -0.339 e. The van der Waals surface area contributed by atoms with Crippen molar-refractivity contribution in [1.82, 2.24) is 4.90 Å². The van der Waals surface area contributed by atoms with Gasteiger partial charge in [-0.1, -0.05) is 19.8 Å². The van der Waals surface area contributed by atoms with E-state index in [1.165, 1.54) is 12.8 Å². The van der Waals surface area contributed by atoms with Crippen LogP contribution in [0.2, 0.25) is 0 Å². The average molecular weight is 226 g/mol. The number of nitrogens with zero attached hydrogens (tertiary/aromatic N) is 1. The summed E-state index contributed by atoms with van der Waals surface area (Å²) >= 11 is 0. The van der Waals surface area contributed by atoms with Gasteiger partial charge >= 0.3 is 0 Å². The topological polar surface area (TPSA) is 46.3 Å². The third-order valence-electron chi connectivity index (χ3n) is 3.24. The van der Waals surface area contributed by atoms with Crippen LogP contribution in [0.5, 0.6) is 0 Å². The molecule has 1 unspecified atom stereocenters. The minimum absolute atomic E-state index is 0.148. The van der Waals surface area contributed by atoms with Crippen molar-refractivity contribution in [3.05, 3.63) is 0 Å². The van der Waals surface area contributed by atoms with E-state index >= 15 is 0 Å². The fourth-order valence-corrected chi connectivity index (χ4v) is 1.89. The number of unbranched alkanes of at least 4 members (excludes halogenated alkanes) is 1. The monoisotopic (exact) mass is 226 g/mol. The van der Waals surface area contributed by atoms with Crippen LogP contribution >= 0.6 is 0 Å². The highest BCUT2D eigenvalue weighted by molar-refractivity contribution is 5.81. The summed E-state index contributed by atoms with van der Waals surface area (Å²) in [7, 11) is 0. The molecule has 1 saturated carbocycles. The molecular weight excluding hydrogens is 200 g/mol. The van der Waals surface area contributed by atoms with Crippen LogP contribution in [0.25, 0.3) is 0 Å². The maximum Gasteiger partial charge on any atom is 0.239 e. The molecule has 0 bridgehead atoms. The molecule has 0 radical (unpaired) electrons. The number of hydrogen-bond acceptors (Lipinski definition) is 2. The Balaban J connectivity index is 2.44. The Kier molecular flexibility index (Phi) is 5.26. The molecule has 16 heavy (non-hydrogen) atoms. The lowest BCUT2D eigenvalue weighted by Gasteiger charge is -2.29. The van der Waals surface area contributed by atoms with Crippen molar-refractivity contribution < 1.29 is 4.79 Å². The van der Waals surface area contributed by atoms with Gasteiger partial charge in [0.1, 0.15) is 0 Å². The molecular formula is C13H26N2O. The molecule has 3 heteroatoms. The molecule has 0 aliphatic heterocycles. The number of carbonyl (C=O) groups is 1. The first-order valence-electron chi connectivity index (χ1n) is 6.62. The highest BCUT2D eigenvalue weighted by Gasteiger charge is 2.30. The summed E-state index contributed by atoms with van der Waals surface area (Å²) in [5, 5.41) is 0. The fourth-order valence-electron chi connectivity index (χ4n) is 1.89. The zero-order chi connectivity index (χ0) is 12.1. The van der Waals surface area contributed by atoms with E-state index in [-0.39, 0.29) is 18.0 Å². The van der Waals surface area contributed by atoms with Crippen molar-refractivity contribution in [2.24, 2.45) is 11.7 Å². The van der Waals surface area contributed by atoms with Gasteiger partial charge in [0.15, 0.2) is 0 Å². The Morgan fingerprint density at radius 2 is 2.06 bits per heavy atom. The average Bonchev–Trinajstić information content (AvgIpc) is 3.04. The van der Waals surface area contributed by atoms with E-state index in [4.69, 9.17) is 5.73 Å². The molecule has 1 aliphatic carbocycles. The van der Waals surface area contributed by atoms with Crippen molar-refractivity contribution in [1.29, 1.82) is 0 Å². The van der Waals surface area contributed by atoms with E-state index in [9.17, 15) is 4.79 Å². The van der Waals surface area contributed by atoms with Gasteiger partial charge < -0.3 is 10.6 Å². The van der Waals surface area contributed by atoms with Gasteiger partial charge in [-0.3, -0.25) is 4.79 Å². The van der Waals surface area contributed by atoms with Gasteiger partial charge in [-0.2, -0.15) is 0 Å². The van der Waals surface area contributed by atoms with E-state index in [2.05, 4.69) is 20.8 Å². The normalized spacial score (nSPS) is 17.6. The third-order valence-corrected chi connectivity index (χ3v) is 3.24. The molecule has 2 N–H and O–H groups in total. The van der Waals surface area contributed by atoms with Gasteiger partial charge in [-0.15, -0.1) is 0 Å². The maximum absolute atomic E-state index is 12.2. The molecule has 1 amide bonds. The van der Waals surface area contributed by atoms with Gasteiger partial charge in [0.25, 0.3) is 0 Å². The predicted molar refractivity (Wildman–Crippen MR) is 67.1 cm³/mol. The summed E-state index contributed by atoms with van der Waals surface area (Å²) in [4.78, 5) is 14.1. The van der Waals surface area contributed by atoms with Gasteiger partial charge in [-0.25, -0.2) is 0 Å². The Hall–Kier alpha value is -0.570. The number of nitrogens with two attached hydrogens (primary N) is 1. The summed E-state index contributed by atoms with van der Waals surface area (Å²) in [6, 6.07) is -0.0122. The molecule has 0 saturated heterocycles. The Morgan fingerprint density at radius 1 is 1.44 bits per heavy atom. The van der Waals surface area contributed by atoms with E-state index < -0.39 is 0 Å². The molecule has 1 atom stereocenters. The predicted octanol–water partition coefficient (Wildman–Crippen LogP) is 2.15. The number of rotatable bonds is 7. The lowest BCUT2D eigenvalue weighted by molar-refractivity contribution is -0.134. The molecule has 1 fully saturated rings. The Labute approximate surface area is 99.4 Å². The van der Waals surface area contributed by atoms with E-state index in [0.717, 1.165) is 31.7 Å². The van der Waals surface area contributed by atoms with Crippen LogP contribution in [0.4, 0.5) is 0 Å². The first-order valence-corrected chi connectivity index (χ1v) is 6.62. The zero-order valence-corrected chi connectivity index (χ0v) is 10.9. The Bertz CT molecular complexity index is 224. The van der Waals surface area contributed by atoms with Crippen LogP contribution in [0.1, 0.15) is 52.9 Å². The molecule has 0 heterocycles. The standard InChI is InChI=1S/C13H26N2O/c1-4-5-6-12(14)13(16)15(10(2)3)9-11-7-8-11/h10-12H,4-9,14H2,1-3H3. The molecule has 94 valence electrons. The molecule has 3 nitrogen and oxygen atoms in total.